The van der Waals surface area contributed by atoms with Gasteiger partial charge in [-0.2, -0.15) is 0 Å². The molecule has 0 radical (unpaired) electrons. The van der Waals surface area contributed by atoms with Crippen molar-refractivity contribution in [3.63, 3.8) is 0 Å². The fourth-order valence-corrected chi connectivity index (χ4v) is 2.47. The van der Waals surface area contributed by atoms with Gasteiger partial charge in [0.15, 0.2) is 11.6 Å². The van der Waals surface area contributed by atoms with E-state index >= 15 is 0 Å². The Balaban J connectivity index is 2.08. The summed E-state index contributed by atoms with van der Waals surface area (Å²) in [7, 11) is -1.57. The van der Waals surface area contributed by atoms with E-state index in [1.807, 2.05) is 0 Å². The van der Waals surface area contributed by atoms with E-state index in [0.717, 1.165) is 25.0 Å². The van der Waals surface area contributed by atoms with E-state index in [9.17, 15) is 17.8 Å². The number of Topliss-reactive ketones (excluding diaryl/α,β-unsaturated/α-hetero) is 1. The molecule has 1 atom stereocenters. The average Bonchev–Trinajstić information content (AvgIpc) is 3.05. The molecule has 1 unspecified atom stereocenters. The maximum atomic E-state index is 12.9. The summed E-state index contributed by atoms with van der Waals surface area (Å²) in [4.78, 5) is 11.5. The summed E-state index contributed by atoms with van der Waals surface area (Å²) in [5, 5.41) is 0. The molecule has 1 aliphatic rings. The number of hydrogen-bond donors (Lipinski definition) is 0. The van der Waals surface area contributed by atoms with Crippen molar-refractivity contribution in [2.24, 2.45) is 5.92 Å². The maximum Gasteiger partial charge on any atom is 0.160 e. The molecule has 2 nitrogen and oxygen atoms in total. The molecule has 0 saturated heterocycles. The number of rotatable bonds is 4. The smallest absolute Gasteiger partial charge is 0.160 e. The van der Waals surface area contributed by atoms with Crippen LogP contribution in [0, 0.1) is 17.6 Å². The summed E-state index contributed by atoms with van der Waals surface area (Å²) in [6, 6.07) is 3.05. The van der Waals surface area contributed by atoms with Crippen molar-refractivity contribution >= 4 is 16.6 Å². The van der Waals surface area contributed by atoms with E-state index in [4.69, 9.17) is 0 Å². The van der Waals surface area contributed by atoms with Gasteiger partial charge in [0.1, 0.15) is 5.78 Å². The van der Waals surface area contributed by atoms with Crippen LogP contribution in [0.1, 0.15) is 12.8 Å². The molecule has 1 saturated carbocycles. The lowest BCUT2D eigenvalue weighted by atomic mass is 10.3. The molecule has 16 heavy (non-hydrogen) atoms. The fraction of sp³-hybridized carbons (Fsp3) is 0.364. The molecule has 0 heterocycles. The van der Waals surface area contributed by atoms with Crippen LogP contribution in [-0.2, 0) is 15.6 Å². The minimum Gasteiger partial charge on any atom is -0.298 e. The van der Waals surface area contributed by atoms with E-state index in [1.54, 1.807) is 0 Å². The number of hydrogen-bond acceptors (Lipinski definition) is 2. The fourth-order valence-electron chi connectivity index (χ4n) is 1.35. The Labute approximate surface area is 94.1 Å². The zero-order chi connectivity index (χ0) is 11.7. The highest BCUT2D eigenvalue weighted by molar-refractivity contribution is 7.85. The molecular weight excluding hydrogens is 234 g/mol. The van der Waals surface area contributed by atoms with Crippen molar-refractivity contribution in [1.29, 1.82) is 0 Å². The predicted molar refractivity (Wildman–Crippen MR) is 55.4 cm³/mol. The largest absolute Gasteiger partial charge is 0.298 e. The molecule has 2 rings (SSSR count). The van der Waals surface area contributed by atoms with Gasteiger partial charge >= 0.3 is 0 Å². The summed E-state index contributed by atoms with van der Waals surface area (Å²) in [6.45, 7) is 0. The number of carbonyl (C=O) groups excluding carboxylic acids is 1. The molecule has 86 valence electrons. The van der Waals surface area contributed by atoms with Crippen molar-refractivity contribution in [2.45, 2.75) is 17.7 Å². The maximum absolute atomic E-state index is 12.9. The van der Waals surface area contributed by atoms with E-state index in [0.29, 0.717) is 0 Å². The first-order valence-corrected chi connectivity index (χ1v) is 6.26. The first kappa shape index (κ1) is 11.4. The van der Waals surface area contributed by atoms with Gasteiger partial charge in [0.05, 0.1) is 16.6 Å². The van der Waals surface area contributed by atoms with E-state index in [1.165, 1.54) is 6.07 Å². The third kappa shape index (κ3) is 2.52. The van der Waals surface area contributed by atoms with Crippen molar-refractivity contribution < 1.29 is 17.8 Å². The van der Waals surface area contributed by atoms with Crippen molar-refractivity contribution in [1.82, 2.24) is 0 Å². The van der Waals surface area contributed by atoms with Gasteiger partial charge in [-0.15, -0.1) is 0 Å². The van der Waals surface area contributed by atoms with Crippen LogP contribution < -0.4 is 0 Å². The average molecular weight is 244 g/mol. The second kappa shape index (κ2) is 4.41. The van der Waals surface area contributed by atoms with Gasteiger partial charge < -0.3 is 0 Å². The molecule has 0 spiro atoms. The molecule has 0 N–H and O–H groups in total. The monoisotopic (exact) mass is 244 g/mol. The molecule has 5 heteroatoms. The van der Waals surface area contributed by atoms with Gasteiger partial charge in [-0.1, -0.05) is 0 Å². The topological polar surface area (TPSA) is 34.1 Å². The van der Waals surface area contributed by atoms with Gasteiger partial charge in [0.2, 0.25) is 0 Å². The second-order valence-corrected chi connectivity index (χ2v) is 5.26. The van der Waals surface area contributed by atoms with Gasteiger partial charge in [-0.05, 0) is 31.0 Å². The summed E-state index contributed by atoms with van der Waals surface area (Å²) < 4.78 is 37.1. The highest BCUT2D eigenvalue weighted by Crippen LogP contribution is 2.30. The molecule has 1 aliphatic carbocycles. The van der Waals surface area contributed by atoms with Crippen molar-refractivity contribution in [2.75, 3.05) is 5.75 Å². The van der Waals surface area contributed by atoms with Gasteiger partial charge in [-0.25, -0.2) is 8.78 Å². The van der Waals surface area contributed by atoms with Crippen molar-refractivity contribution in [3.05, 3.63) is 29.8 Å². The Morgan fingerprint density at radius 1 is 1.31 bits per heavy atom. The minimum atomic E-state index is -1.57. The zero-order valence-corrected chi connectivity index (χ0v) is 9.23. The molecule has 0 amide bonds. The molecule has 1 aromatic carbocycles. The molecule has 0 aromatic heterocycles. The predicted octanol–water partition coefficient (Wildman–Crippen LogP) is 2.05. The number of carbonyl (C=O) groups is 1. The van der Waals surface area contributed by atoms with Crippen LogP contribution in [0.2, 0.25) is 0 Å². The van der Waals surface area contributed by atoms with E-state index in [-0.39, 0.29) is 22.3 Å². The van der Waals surface area contributed by atoms with Crippen LogP contribution >= 0.6 is 0 Å². The van der Waals surface area contributed by atoms with Gasteiger partial charge in [-0.3, -0.25) is 9.00 Å². The Hall–Kier alpha value is -1.10. The van der Waals surface area contributed by atoms with Crippen LogP contribution in [0.15, 0.2) is 23.1 Å². The summed E-state index contributed by atoms with van der Waals surface area (Å²) in [6.07, 6.45) is 1.71. The van der Waals surface area contributed by atoms with Crippen LogP contribution in [0.4, 0.5) is 8.78 Å². The van der Waals surface area contributed by atoms with E-state index in [2.05, 4.69) is 0 Å². The van der Waals surface area contributed by atoms with Crippen LogP contribution in [0.3, 0.4) is 0 Å². The van der Waals surface area contributed by atoms with E-state index < -0.39 is 22.4 Å². The van der Waals surface area contributed by atoms with Gasteiger partial charge in [0, 0.05) is 10.8 Å². The Morgan fingerprint density at radius 2 is 2.00 bits per heavy atom. The molecule has 0 aliphatic heterocycles. The third-order valence-electron chi connectivity index (χ3n) is 2.46. The Kier molecular flexibility index (Phi) is 3.14. The van der Waals surface area contributed by atoms with Crippen LogP contribution in [0.25, 0.3) is 0 Å². The highest BCUT2D eigenvalue weighted by Gasteiger charge is 2.30. The second-order valence-electron chi connectivity index (χ2n) is 3.81. The molecule has 1 aromatic rings. The molecule has 1 fully saturated rings. The summed E-state index contributed by atoms with van der Waals surface area (Å²) in [5.41, 5.74) is 0. The summed E-state index contributed by atoms with van der Waals surface area (Å²) >= 11 is 0. The van der Waals surface area contributed by atoms with Crippen LogP contribution in [-0.4, -0.2) is 15.7 Å². The first-order chi connectivity index (χ1) is 7.58. The normalized spacial score (nSPS) is 17.1. The number of halogens is 2. The van der Waals surface area contributed by atoms with Gasteiger partial charge in [0.25, 0.3) is 0 Å². The first-order valence-electron chi connectivity index (χ1n) is 4.94. The molecular formula is C11H10F2O2S. The molecule has 0 bridgehead atoms. The number of ketones is 1. The third-order valence-corrected chi connectivity index (χ3v) is 3.79. The SMILES string of the molecule is O=C(CS(=O)c1ccc(F)c(F)c1)C1CC1. The standard InChI is InChI=1S/C11H10F2O2S/c12-9-4-3-8(5-10(9)13)16(15)6-11(14)7-1-2-7/h3-5,7H,1-2,6H2. The lowest BCUT2D eigenvalue weighted by Gasteiger charge is -2.01. The van der Waals surface area contributed by atoms with Crippen molar-refractivity contribution in [3.8, 4) is 0 Å². The highest BCUT2D eigenvalue weighted by atomic mass is 32.2. The minimum absolute atomic E-state index is 0.0363. The van der Waals surface area contributed by atoms with Crippen LogP contribution in [0.5, 0.6) is 0 Å². The zero-order valence-electron chi connectivity index (χ0n) is 8.41. The summed E-state index contributed by atoms with van der Waals surface area (Å²) in [5.74, 6) is -2.13. The quantitative estimate of drug-likeness (QED) is 0.812. The lowest BCUT2D eigenvalue weighted by molar-refractivity contribution is -0.117. The lowest BCUT2D eigenvalue weighted by Crippen LogP contribution is -2.12. The number of benzene rings is 1. The Morgan fingerprint density at radius 3 is 2.56 bits per heavy atom. The Bertz CT molecular complexity index is 455.